The first kappa shape index (κ1) is 16.5. The molecule has 0 aliphatic carbocycles. The number of rotatable bonds is 5. The molecule has 21 heavy (non-hydrogen) atoms. The number of ether oxygens (including phenoxy) is 1. The van der Waals surface area contributed by atoms with Gasteiger partial charge < -0.3 is 20.1 Å². The van der Waals surface area contributed by atoms with Gasteiger partial charge in [-0.15, -0.1) is 0 Å². The Bertz CT molecular complexity index is 544. The molecule has 1 aromatic carbocycles. The summed E-state index contributed by atoms with van der Waals surface area (Å²) >= 11 is 0. The molecule has 7 nitrogen and oxygen atoms in total. The van der Waals surface area contributed by atoms with E-state index in [4.69, 9.17) is 5.11 Å². The Hall–Kier alpha value is -2.57. The molecule has 0 aliphatic heterocycles. The number of carbonyl (C=O) groups excluding carboxylic acids is 2. The number of aromatic carboxylic acids is 1. The van der Waals surface area contributed by atoms with E-state index in [0.29, 0.717) is 0 Å². The lowest BCUT2D eigenvalue weighted by Crippen LogP contribution is -2.37. The van der Waals surface area contributed by atoms with Gasteiger partial charge in [0.2, 0.25) is 0 Å². The lowest BCUT2D eigenvalue weighted by atomic mass is 10.1. The Morgan fingerprint density at radius 2 is 1.95 bits per heavy atom. The number of carboxylic acid groups (broad SMARTS) is 1. The van der Waals surface area contributed by atoms with Crippen molar-refractivity contribution >= 4 is 23.7 Å². The predicted octanol–water partition coefficient (Wildman–Crippen LogP) is 1.66. The van der Waals surface area contributed by atoms with Crippen molar-refractivity contribution in [3.8, 4) is 0 Å². The zero-order valence-electron chi connectivity index (χ0n) is 12.1. The van der Waals surface area contributed by atoms with E-state index in [-0.39, 0.29) is 17.8 Å². The van der Waals surface area contributed by atoms with Crippen molar-refractivity contribution in [2.24, 2.45) is 5.92 Å². The van der Waals surface area contributed by atoms with Crippen molar-refractivity contribution in [2.75, 3.05) is 26.0 Å². The molecule has 1 aromatic rings. The quantitative estimate of drug-likeness (QED) is 0.805. The van der Waals surface area contributed by atoms with Crippen molar-refractivity contribution in [1.82, 2.24) is 4.90 Å². The second-order valence-corrected chi connectivity index (χ2v) is 4.59. The molecule has 0 saturated heterocycles. The van der Waals surface area contributed by atoms with Gasteiger partial charge in [-0.05, 0) is 12.1 Å². The largest absolute Gasteiger partial charge is 0.478 e. The number of carboxylic acids is 1. The maximum Gasteiger partial charge on any atom is 0.337 e. The SMILES string of the molecule is COC(=O)C(C)CN(C)C(=O)Nc1ccccc1C(=O)O. The molecule has 0 radical (unpaired) electrons. The number of benzene rings is 1. The summed E-state index contributed by atoms with van der Waals surface area (Å²) in [6, 6.07) is 5.59. The van der Waals surface area contributed by atoms with Gasteiger partial charge in [0, 0.05) is 13.6 Å². The van der Waals surface area contributed by atoms with Crippen LogP contribution >= 0.6 is 0 Å². The second-order valence-electron chi connectivity index (χ2n) is 4.59. The summed E-state index contributed by atoms with van der Waals surface area (Å²) in [5, 5.41) is 11.5. The van der Waals surface area contributed by atoms with Crippen LogP contribution in [0.5, 0.6) is 0 Å². The topological polar surface area (TPSA) is 95.9 Å². The fourth-order valence-electron chi connectivity index (χ4n) is 1.76. The van der Waals surface area contributed by atoms with E-state index >= 15 is 0 Å². The van der Waals surface area contributed by atoms with Gasteiger partial charge in [-0.25, -0.2) is 9.59 Å². The number of nitrogens with one attached hydrogen (secondary N) is 1. The number of urea groups is 1. The van der Waals surface area contributed by atoms with Crippen molar-refractivity contribution in [2.45, 2.75) is 6.92 Å². The number of hydrogen-bond acceptors (Lipinski definition) is 4. The van der Waals surface area contributed by atoms with E-state index in [2.05, 4.69) is 10.1 Å². The number of methoxy groups -OCH3 is 1. The monoisotopic (exact) mass is 294 g/mol. The summed E-state index contributed by atoms with van der Waals surface area (Å²) < 4.78 is 4.59. The van der Waals surface area contributed by atoms with Crippen LogP contribution in [0.25, 0.3) is 0 Å². The first-order valence-corrected chi connectivity index (χ1v) is 6.29. The molecule has 1 atom stereocenters. The van der Waals surface area contributed by atoms with Crippen LogP contribution in [-0.4, -0.2) is 48.7 Å². The number of para-hydroxylation sites is 1. The third kappa shape index (κ3) is 4.48. The second kappa shape index (κ2) is 7.28. The molecule has 1 unspecified atom stereocenters. The third-order valence-electron chi connectivity index (χ3n) is 2.90. The fraction of sp³-hybridized carbons (Fsp3) is 0.357. The van der Waals surface area contributed by atoms with Crippen LogP contribution in [0.3, 0.4) is 0 Å². The zero-order valence-corrected chi connectivity index (χ0v) is 12.1. The fourth-order valence-corrected chi connectivity index (χ4v) is 1.76. The molecule has 0 fully saturated rings. The maximum absolute atomic E-state index is 12.0. The molecule has 0 aliphatic rings. The molecule has 0 saturated carbocycles. The highest BCUT2D eigenvalue weighted by molar-refractivity contribution is 5.99. The molecule has 0 aromatic heterocycles. The van der Waals surface area contributed by atoms with Gasteiger partial charge in [-0.2, -0.15) is 0 Å². The van der Waals surface area contributed by atoms with E-state index in [9.17, 15) is 14.4 Å². The number of anilines is 1. The molecule has 7 heteroatoms. The lowest BCUT2D eigenvalue weighted by molar-refractivity contribution is -0.145. The van der Waals surface area contributed by atoms with Crippen molar-refractivity contribution in [3.63, 3.8) is 0 Å². The van der Waals surface area contributed by atoms with Crippen LogP contribution in [0.1, 0.15) is 17.3 Å². The van der Waals surface area contributed by atoms with E-state index < -0.39 is 23.9 Å². The van der Waals surface area contributed by atoms with Crippen LogP contribution in [0.15, 0.2) is 24.3 Å². The van der Waals surface area contributed by atoms with Crippen LogP contribution in [0, 0.1) is 5.92 Å². The standard InChI is InChI=1S/C14H18N2O5/c1-9(13(19)21-3)8-16(2)14(20)15-11-7-5-4-6-10(11)12(17)18/h4-7,9H,8H2,1-3H3,(H,15,20)(H,17,18). The summed E-state index contributed by atoms with van der Waals surface area (Å²) in [5.74, 6) is -2.02. The minimum Gasteiger partial charge on any atom is -0.478 e. The van der Waals surface area contributed by atoms with Crippen LogP contribution in [0.2, 0.25) is 0 Å². The van der Waals surface area contributed by atoms with Gasteiger partial charge in [-0.1, -0.05) is 19.1 Å². The first-order valence-electron chi connectivity index (χ1n) is 6.29. The molecule has 0 heterocycles. The van der Waals surface area contributed by atoms with Gasteiger partial charge in [0.05, 0.1) is 24.3 Å². The van der Waals surface area contributed by atoms with E-state index in [1.807, 2.05) is 0 Å². The number of esters is 1. The van der Waals surface area contributed by atoms with E-state index in [1.165, 1.54) is 31.2 Å². The molecule has 114 valence electrons. The molecular formula is C14H18N2O5. The summed E-state index contributed by atoms with van der Waals surface area (Å²) in [4.78, 5) is 35.7. The average molecular weight is 294 g/mol. The van der Waals surface area contributed by atoms with E-state index in [1.54, 1.807) is 19.1 Å². The Balaban J connectivity index is 2.73. The van der Waals surface area contributed by atoms with E-state index in [0.717, 1.165) is 0 Å². The van der Waals surface area contributed by atoms with Gasteiger partial charge in [0.15, 0.2) is 0 Å². The summed E-state index contributed by atoms with van der Waals surface area (Å²) in [7, 11) is 2.79. The number of amides is 2. The van der Waals surface area contributed by atoms with Crippen molar-refractivity contribution in [3.05, 3.63) is 29.8 Å². The summed E-state index contributed by atoms with van der Waals surface area (Å²) in [6.45, 7) is 1.80. The lowest BCUT2D eigenvalue weighted by Gasteiger charge is -2.21. The Morgan fingerprint density at radius 1 is 1.33 bits per heavy atom. The highest BCUT2D eigenvalue weighted by Crippen LogP contribution is 2.15. The molecular weight excluding hydrogens is 276 g/mol. The highest BCUT2D eigenvalue weighted by atomic mass is 16.5. The number of hydrogen-bond donors (Lipinski definition) is 2. The minimum absolute atomic E-state index is 0.000247. The zero-order chi connectivity index (χ0) is 16.0. The van der Waals surface area contributed by atoms with Crippen molar-refractivity contribution < 1.29 is 24.2 Å². The smallest absolute Gasteiger partial charge is 0.337 e. The van der Waals surface area contributed by atoms with Gasteiger partial charge in [0.1, 0.15) is 0 Å². The Kier molecular flexibility index (Phi) is 5.71. The van der Waals surface area contributed by atoms with Crippen LogP contribution < -0.4 is 5.32 Å². The molecule has 2 amide bonds. The molecule has 0 bridgehead atoms. The average Bonchev–Trinajstić information content (AvgIpc) is 2.46. The normalized spacial score (nSPS) is 11.4. The van der Waals surface area contributed by atoms with Gasteiger partial charge in [-0.3, -0.25) is 4.79 Å². The first-order chi connectivity index (χ1) is 9.86. The number of carbonyl (C=O) groups is 3. The summed E-state index contributed by atoms with van der Waals surface area (Å²) in [6.07, 6.45) is 0. The molecule has 0 spiro atoms. The molecule has 2 N–H and O–H groups in total. The van der Waals surface area contributed by atoms with Crippen LogP contribution in [-0.2, 0) is 9.53 Å². The predicted molar refractivity (Wildman–Crippen MR) is 76.2 cm³/mol. The van der Waals surface area contributed by atoms with Gasteiger partial charge >= 0.3 is 18.0 Å². The minimum atomic E-state index is -1.13. The Labute approximate surface area is 122 Å². The number of nitrogens with zero attached hydrogens (tertiary/aromatic N) is 1. The third-order valence-corrected chi connectivity index (χ3v) is 2.90. The maximum atomic E-state index is 12.0. The molecule has 1 rings (SSSR count). The Morgan fingerprint density at radius 3 is 2.52 bits per heavy atom. The van der Waals surface area contributed by atoms with Crippen LogP contribution in [0.4, 0.5) is 10.5 Å². The van der Waals surface area contributed by atoms with Gasteiger partial charge in [0.25, 0.3) is 0 Å². The van der Waals surface area contributed by atoms with Crippen molar-refractivity contribution in [1.29, 1.82) is 0 Å². The summed E-state index contributed by atoms with van der Waals surface area (Å²) in [5.41, 5.74) is 0.202. The highest BCUT2D eigenvalue weighted by Gasteiger charge is 2.20.